The zero-order valence-electron chi connectivity index (χ0n) is 23.5. The minimum absolute atomic E-state index is 0.0775. The van der Waals surface area contributed by atoms with Crippen LogP contribution in [0.3, 0.4) is 0 Å². The highest BCUT2D eigenvalue weighted by Crippen LogP contribution is 2.49. The van der Waals surface area contributed by atoms with E-state index in [2.05, 4.69) is 9.89 Å². The minimum Gasteiger partial charge on any atom is -0.462 e. The van der Waals surface area contributed by atoms with Crippen molar-refractivity contribution in [3.63, 3.8) is 0 Å². The van der Waals surface area contributed by atoms with Crippen molar-refractivity contribution in [1.29, 1.82) is 0 Å². The molecular formula is C31H32F3NO7S. The molecule has 0 N–H and O–H groups in total. The van der Waals surface area contributed by atoms with Gasteiger partial charge in [0.15, 0.2) is 9.84 Å². The summed E-state index contributed by atoms with van der Waals surface area (Å²) in [5.74, 6) is -0.430. The number of rotatable bonds is 10. The van der Waals surface area contributed by atoms with Gasteiger partial charge in [0.05, 0.1) is 35.0 Å². The maximum absolute atomic E-state index is 13.8. The van der Waals surface area contributed by atoms with Gasteiger partial charge in [-0.2, -0.15) is 0 Å². The lowest BCUT2D eigenvalue weighted by Gasteiger charge is -2.35. The van der Waals surface area contributed by atoms with Crippen molar-refractivity contribution in [2.45, 2.75) is 80.6 Å². The topological polar surface area (TPSA) is 105 Å². The molecule has 12 heteroatoms. The lowest BCUT2D eigenvalue weighted by atomic mass is 9.86. The van der Waals surface area contributed by atoms with E-state index in [1.54, 1.807) is 25.1 Å². The summed E-state index contributed by atoms with van der Waals surface area (Å²) in [4.78, 5) is 12.3. The van der Waals surface area contributed by atoms with E-state index in [1.807, 2.05) is 0 Å². The molecule has 0 amide bonds. The van der Waals surface area contributed by atoms with Gasteiger partial charge in [-0.25, -0.2) is 13.2 Å². The Balaban J connectivity index is 1.19. The van der Waals surface area contributed by atoms with Crippen molar-refractivity contribution in [2.75, 3.05) is 6.61 Å². The fourth-order valence-electron chi connectivity index (χ4n) is 6.65. The van der Waals surface area contributed by atoms with E-state index in [9.17, 15) is 26.4 Å². The summed E-state index contributed by atoms with van der Waals surface area (Å²) in [7, 11) is -3.72. The number of hydrogen-bond acceptors (Lipinski definition) is 8. The number of para-hydroxylation sites is 1. The Kier molecular flexibility index (Phi) is 8.01. The largest absolute Gasteiger partial charge is 0.573 e. The Morgan fingerprint density at radius 1 is 1.02 bits per heavy atom. The van der Waals surface area contributed by atoms with Gasteiger partial charge in [0, 0.05) is 17.0 Å². The van der Waals surface area contributed by atoms with Gasteiger partial charge in [0.1, 0.15) is 17.2 Å². The summed E-state index contributed by atoms with van der Waals surface area (Å²) in [5, 5.41) is 3.56. The summed E-state index contributed by atoms with van der Waals surface area (Å²) in [5.41, 5.74) is 1.21. The first-order valence-corrected chi connectivity index (χ1v) is 16.1. The van der Waals surface area contributed by atoms with Gasteiger partial charge in [0.2, 0.25) is 0 Å². The Hall–Kier alpha value is -3.38. The summed E-state index contributed by atoms with van der Waals surface area (Å²) < 4.78 is 88.2. The third kappa shape index (κ3) is 6.17. The zero-order chi connectivity index (χ0) is 30.4. The second kappa shape index (κ2) is 11.6. The summed E-state index contributed by atoms with van der Waals surface area (Å²) in [6.45, 7) is 1.96. The minimum atomic E-state index is -4.87. The lowest BCUT2D eigenvalue weighted by Crippen LogP contribution is -2.40. The molecule has 0 aliphatic heterocycles. The van der Waals surface area contributed by atoms with Crippen LogP contribution in [0.4, 0.5) is 13.2 Å². The van der Waals surface area contributed by atoms with E-state index in [0.29, 0.717) is 24.2 Å². The molecule has 2 aromatic carbocycles. The number of fused-ring (bicyclic) bond motifs is 2. The average molecular weight is 620 g/mol. The monoisotopic (exact) mass is 619 g/mol. The van der Waals surface area contributed by atoms with Gasteiger partial charge in [0.25, 0.3) is 0 Å². The average Bonchev–Trinajstić information content (AvgIpc) is 3.66. The number of ether oxygens (including phenoxy) is 3. The molecule has 0 spiro atoms. The van der Waals surface area contributed by atoms with Crippen LogP contribution < -0.4 is 4.74 Å². The van der Waals surface area contributed by atoms with Gasteiger partial charge >= 0.3 is 12.3 Å². The number of alkyl halides is 3. The third-order valence-corrected chi connectivity index (χ3v) is 11.0. The Labute approximate surface area is 247 Å². The molecule has 3 aromatic rings. The molecule has 3 fully saturated rings. The highest BCUT2D eigenvalue weighted by atomic mass is 32.2. The van der Waals surface area contributed by atoms with Gasteiger partial charge in [-0.1, -0.05) is 23.4 Å². The fraction of sp³-hybridized carbons (Fsp3) is 0.484. The first-order chi connectivity index (χ1) is 20.5. The zero-order valence-corrected chi connectivity index (χ0v) is 24.3. The van der Waals surface area contributed by atoms with Crippen LogP contribution in [-0.2, 0) is 25.9 Å². The van der Waals surface area contributed by atoms with Crippen molar-refractivity contribution in [1.82, 2.24) is 5.16 Å². The van der Waals surface area contributed by atoms with Gasteiger partial charge < -0.3 is 18.7 Å². The van der Waals surface area contributed by atoms with E-state index < -0.39 is 27.4 Å². The maximum atomic E-state index is 13.8. The Morgan fingerprint density at radius 3 is 2.42 bits per heavy atom. The second-order valence-electron chi connectivity index (χ2n) is 11.5. The Morgan fingerprint density at radius 2 is 1.74 bits per heavy atom. The highest BCUT2D eigenvalue weighted by molar-refractivity contribution is 7.92. The molecule has 230 valence electrons. The van der Waals surface area contributed by atoms with Crippen LogP contribution in [0.2, 0.25) is 0 Å². The van der Waals surface area contributed by atoms with Crippen molar-refractivity contribution in [3.8, 4) is 17.0 Å². The van der Waals surface area contributed by atoms with Crippen molar-refractivity contribution in [3.05, 3.63) is 65.4 Å². The molecule has 2 bridgehead atoms. The number of carbonyl (C=O) groups is 1. The summed E-state index contributed by atoms with van der Waals surface area (Å²) in [6, 6.07) is 11.8. The summed E-state index contributed by atoms with van der Waals surface area (Å²) in [6.07, 6.45) is -0.740. The molecule has 0 radical (unpaired) electrons. The lowest BCUT2D eigenvalue weighted by molar-refractivity contribution is -0.274. The predicted octanol–water partition coefficient (Wildman–Crippen LogP) is 6.84. The molecule has 2 unspecified atom stereocenters. The Bertz CT molecular complexity index is 1580. The van der Waals surface area contributed by atoms with Crippen LogP contribution in [-0.4, -0.2) is 43.9 Å². The molecule has 2 atom stereocenters. The van der Waals surface area contributed by atoms with Gasteiger partial charge in [-0.15, -0.1) is 13.2 Å². The normalized spacial score (nSPS) is 23.7. The number of esters is 1. The molecule has 3 aliphatic carbocycles. The number of halogens is 3. The number of benzene rings is 2. The van der Waals surface area contributed by atoms with Crippen LogP contribution >= 0.6 is 0 Å². The number of aromatic nitrogens is 1. The molecule has 43 heavy (non-hydrogen) atoms. The van der Waals surface area contributed by atoms with Gasteiger partial charge in [-0.3, -0.25) is 0 Å². The number of carbonyl (C=O) groups excluding carboxylic acids is 1. The van der Waals surface area contributed by atoms with Crippen LogP contribution in [0.15, 0.2) is 57.9 Å². The molecular weight excluding hydrogens is 587 g/mol. The van der Waals surface area contributed by atoms with E-state index in [0.717, 1.165) is 25.7 Å². The number of hydrogen-bond donors (Lipinski definition) is 0. The van der Waals surface area contributed by atoms with Crippen LogP contribution in [0, 0.1) is 11.8 Å². The third-order valence-electron chi connectivity index (χ3n) is 8.60. The van der Waals surface area contributed by atoms with E-state index in [1.165, 1.54) is 30.3 Å². The number of nitrogens with zero attached hydrogens (tertiary/aromatic N) is 1. The molecule has 8 nitrogen and oxygen atoms in total. The van der Waals surface area contributed by atoms with Crippen molar-refractivity contribution >= 4 is 15.8 Å². The molecule has 1 heterocycles. The smallest absolute Gasteiger partial charge is 0.462 e. The molecule has 1 aromatic heterocycles. The second-order valence-corrected chi connectivity index (χ2v) is 13.6. The molecule has 3 aliphatic rings. The standard InChI is InChI=1S/C31H32F3NO7S/c1-2-39-30(36)21-6-5-7-23(16-21)43(37,38)29-19-12-13-20(29)15-22(14-19)40-17-25-27(35-42-28(25)18-10-11-18)24-8-3-4-9-26(24)41-31(32,33)34/h3-9,16,18-20,22,29H,2,10-15,17H2,1H3. The van der Waals surface area contributed by atoms with Crippen molar-refractivity contribution < 1.29 is 45.1 Å². The fourth-order valence-corrected chi connectivity index (χ4v) is 9.03. The number of sulfone groups is 1. The molecule has 6 rings (SSSR count). The first kappa shape index (κ1) is 29.7. The molecule has 0 saturated heterocycles. The van der Waals surface area contributed by atoms with Crippen molar-refractivity contribution in [2.24, 2.45) is 11.8 Å². The SMILES string of the molecule is CCOC(=O)c1cccc(S(=O)(=O)C2C3CCC2CC(OCc2c(-c4ccccc4OC(F)(F)F)noc2C2CC2)C3)c1. The maximum Gasteiger partial charge on any atom is 0.573 e. The summed E-state index contributed by atoms with van der Waals surface area (Å²) >= 11 is 0. The van der Waals surface area contributed by atoms with Crippen LogP contribution in [0.25, 0.3) is 11.3 Å². The van der Waals surface area contributed by atoms with E-state index in [-0.39, 0.29) is 64.5 Å². The van der Waals surface area contributed by atoms with E-state index in [4.69, 9.17) is 14.0 Å². The quantitative estimate of drug-likeness (QED) is 0.227. The van der Waals surface area contributed by atoms with E-state index >= 15 is 0 Å². The van der Waals surface area contributed by atoms with Crippen LogP contribution in [0.5, 0.6) is 5.75 Å². The van der Waals surface area contributed by atoms with Gasteiger partial charge in [-0.05, 0) is 87.6 Å². The highest BCUT2D eigenvalue weighted by Gasteiger charge is 2.50. The molecule has 3 saturated carbocycles. The first-order valence-electron chi connectivity index (χ1n) is 14.5. The van der Waals surface area contributed by atoms with Crippen LogP contribution in [0.1, 0.15) is 73.0 Å². The predicted molar refractivity (Wildman–Crippen MR) is 148 cm³/mol.